The van der Waals surface area contributed by atoms with Crippen molar-refractivity contribution in [1.29, 1.82) is 0 Å². The van der Waals surface area contributed by atoms with Crippen LogP contribution in [0.3, 0.4) is 0 Å². The van der Waals surface area contributed by atoms with E-state index in [9.17, 15) is 4.79 Å². The van der Waals surface area contributed by atoms with E-state index in [1.807, 2.05) is 133 Å². The zero-order valence-corrected chi connectivity index (χ0v) is 22.7. The van der Waals surface area contributed by atoms with Crippen LogP contribution in [0.15, 0.2) is 146 Å². The highest BCUT2D eigenvalue weighted by molar-refractivity contribution is 6.16. The maximum Gasteiger partial charge on any atom is 0.194 e. The molecule has 0 radical (unpaired) electrons. The summed E-state index contributed by atoms with van der Waals surface area (Å²) < 4.78 is 12.5. The van der Waals surface area contributed by atoms with Crippen molar-refractivity contribution >= 4 is 17.2 Å². The Hall–Kier alpha value is -5.81. The van der Waals surface area contributed by atoms with Gasteiger partial charge in [-0.3, -0.25) is 4.79 Å². The summed E-state index contributed by atoms with van der Waals surface area (Å²) in [6, 6.07) is 45.1. The number of ether oxygens (including phenoxy) is 2. The number of nitrogen functional groups attached to an aromatic ring is 2. The fraction of sp³-hybridized carbons (Fsp3) is 0. The van der Waals surface area contributed by atoms with Gasteiger partial charge in [0.2, 0.25) is 0 Å². The molecule has 0 unspecified atom stereocenters. The van der Waals surface area contributed by atoms with Crippen LogP contribution < -0.4 is 20.9 Å². The molecule has 6 aromatic carbocycles. The molecule has 0 aromatic heterocycles. The minimum absolute atomic E-state index is 0.112. The predicted octanol–water partition coefficient (Wildman–Crippen LogP) is 9.00. The van der Waals surface area contributed by atoms with Gasteiger partial charge in [-0.05, 0) is 47.5 Å². The van der Waals surface area contributed by atoms with Crippen LogP contribution in [0.2, 0.25) is 0 Å². The lowest BCUT2D eigenvalue weighted by atomic mass is 9.89. The Balaban J connectivity index is 1.41. The maximum absolute atomic E-state index is 14.3. The van der Waals surface area contributed by atoms with E-state index in [-0.39, 0.29) is 5.78 Å². The molecule has 42 heavy (non-hydrogen) atoms. The summed E-state index contributed by atoms with van der Waals surface area (Å²) in [6.45, 7) is 0. The molecule has 5 nitrogen and oxygen atoms in total. The van der Waals surface area contributed by atoms with Crippen molar-refractivity contribution in [2.45, 2.75) is 0 Å². The zero-order valence-electron chi connectivity index (χ0n) is 22.7. The Labute approximate surface area is 244 Å². The van der Waals surface area contributed by atoms with E-state index >= 15 is 0 Å². The average molecular weight is 549 g/mol. The normalized spacial score (nSPS) is 10.7. The molecule has 0 spiro atoms. The number of anilines is 2. The molecule has 0 bridgehead atoms. The van der Waals surface area contributed by atoms with Crippen LogP contribution in [0.1, 0.15) is 15.9 Å². The van der Waals surface area contributed by atoms with Gasteiger partial charge in [0.1, 0.15) is 23.0 Å². The molecule has 0 saturated carbocycles. The van der Waals surface area contributed by atoms with E-state index in [0.29, 0.717) is 45.5 Å². The molecule has 5 heteroatoms. The highest BCUT2D eigenvalue weighted by atomic mass is 16.5. The molecule has 204 valence electrons. The van der Waals surface area contributed by atoms with E-state index in [1.54, 1.807) is 12.1 Å². The van der Waals surface area contributed by atoms with Crippen LogP contribution in [0.5, 0.6) is 23.0 Å². The molecule has 4 N–H and O–H groups in total. The highest BCUT2D eigenvalue weighted by Crippen LogP contribution is 2.39. The monoisotopic (exact) mass is 548 g/mol. The zero-order chi connectivity index (χ0) is 28.9. The average Bonchev–Trinajstić information content (AvgIpc) is 3.01. The fourth-order valence-corrected chi connectivity index (χ4v) is 4.94. The standard InChI is InChI=1S/C37H28N2O3/c38-25-11-9-13-27(23-25)41-35-21-7-5-17-31(35)29-15-1-3-19-33(29)37(40)34-20-4-2-16-30(34)32-18-6-8-22-36(32)42-28-14-10-12-26(39)24-28/h1-24H,38-39H2. The van der Waals surface area contributed by atoms with E-state index in [1.165, 1.54) is 0 Å². The molecule has 0 aliphatic carbocycles. The number of hydrogen-bond acceptors (Lipinski definition) is 5. The third-order valence-corrected chi connectivity index (χ3v) is 6.87. The Morgan fingerprint density at radius 3 is 1.24 bits per heavy atom. The first-order chi connectivity index (χ1) is 20.6. The van der Waals surface area contributed by atoms with Gasteiger partial charge in [-0.25, -0.2) is 0 Å². The van der Waals surface area contributed by atoms with Gasteiger partial charge in [-0.2, -0.15) is 0 Å². The summed E-state index contributed by atoms with van der Waals surface area (Å²) in [5.74, 6) is 2.37. The molecule has 0 fully saturated rings. The number of rotatable bonds is 8. The summed E-state index contributed by atoms with van der Waals surface area (Å²) in [4.78, 5) is 14.3. The fourth-order valence-electron chi connectivity index (χ4n) is 4.94. The van der Waals surface area contributed by atoms with Gasteiger partial charge in [0, 0.05) is 45.8 Å². The summed E-state index contributed by atoms with van der Waals surface area (Å²) in [5.41, 5.74) is 17.4. The molecule has 6 rings (SSSR count). The molecule has 0 aliphatic rings. The molecule has 0 heterocycles. The van der Waals surface area contributed by atoms with Gasteiger partial charge in [0.15, 0.2) is 5.78 Å². The van der Waals surface area contributed by atoms with E-state index < -0.39 is 0 Å². The van der Waals surface area contributed by atoms with Crippen molar-refractivity contribution in [3.63, 3.8) is 0 Å². The molecule has 0 amide bonds. The van der Waals surface area contributed by atoms with Crippen LogP contribution in [0.25, 0.3) is 22.3 Å². The van der Waals surface area contributed by atoms with Gasteiger partial charge >= 0.3 is 0 Å². The number of benzene rings is 6. The van der Waals surface area contributed by atoms with E-state index in [4.69, 9.17) is 20.9 Å². The summed E-state index contributed by atoms with van der Waals surface area (Å²) in [5, 5.41) is 0. The number of nitrogens with two attached hydrogens (primary N) is 2. The molecule has 6 aromatic rings. The Kier molecular flexibility index (Phi) is 7.38. The first kappa shape index (κ1) is 26.4. The van der Waals surface area contributed by atoms with Crippen molar-refractivity contribution in [2.75, 3.05) is 11.5 Å². The van der Waals surface area contributed by atoms with Gasteiger partial charge in [0.05, 0.1) is 0 Å². The van der Waals surface area contributed by atoms with Gasteiger partial charge in [0.25, 0.3) is 0 Å². The first-order valence-corrected chi connectivity index (χ1v) is 13.6. The highest BCUT2D eigenvalue weighted by Gasteiger charge is 2.21. The summed E-state index contributed by atoms with van der Waals surface area (Å²) >= 11 is 0. The van der Waals surface area contributed by atoms with E-state index in [2.05, 4.69) is 0 Å². The van der Waals surface area contributed by atoms with Crippen LogP contribution in [-0.4, -0.2) is 5.78 Å². The number of para-hydroxylation sites is 2. The van der Waals surface area contributed by atoms with Crippen LogP contribution >= 0.6 is 0 Å². The number of carbonyl (C=O) groups is 1. The van der Waals surface area contributed by atoms with E-state index in [0.717, 1.165) is 22.3 Å². The number of hydrogen-bond donors (Lipinski definition) is 2. The Bertz CT molecular complexity index is 1760. The molecule has 0 aliphatic heterocycles. The van der Waals surface area contributed by atoms with Gasteiger partial charge in [-0.1, -0.05) is 97.1 Å². The van der Waals surface area contributed by atoms with Crippen molar-refractivity contribution in [2.24, 2.45) is 0 Å². The maximum atomic E-state index is 14.3. The lowest BCUT2D eigenvalue weighted by molar-refractivity contribution is 0.104. The molecular formula is C37H28N2O3. The second kappa shape index (κ2) is 11.7. The number of ketones is 1. The SMILES string of the molecule is Nc1cccc(Oc2ccccc2-c2ccccc2C(=O)c2ccccc2-c2ccccc2Oc2cccc(N)c2)c1. The second-order valence-corrected chi connectivity index (χ2v) is 9.76. The minimum Gasteiger partial charge on any atom is -0.457 e. The number of carbonyl (C=O) groups excluding carboxylic acids is 1. The molecule has 0 saturated heterocycles. The van der Waals surface area contributed by atoms with Crippen LogP contribution in [0, 0.1) is 0 Å². The lowest BCUT2D eigenvalue weighted by Gasteiger charge is -2.17. The predicted molar refractivity (Wildman–Crippen MR) is 169 cm³/mol. The third-order valence-electron chi connectivity index (χ3n) is 6.87. The van der Waals surface area contributed by atoms with Crippen molar-refractivity contribution in [3.05, 3.63) is 157 Å². The quantitative estimate of drug-likeness (QED) is 0.146. The van der Waals surface area contributed by atoms with Crippen LogP contribution in [0.4, 0.5) is 11.4 Å². The summed E-state index contributed by atoms with van der Waals surface area (Å²) in [7, 11) is 0. The topological polar surface area (TPSA) is 87.6 Å². The molecule has 0 atom stereocenters. The lowest BCUT2D eigenvalue weighted by Crippen LogP contribution is -2.06. The van der Waals surface area contributed by atoms with Crippen molar-refractivity contribution < 1.29 is 14.3 Å². The summed E-state index contributed by atoms with van der Waals surface area (Å²) in [6.07, 6.45) is 0. The molecular weight excluding hydrogens is 520 g/mol. The van der Waals surface area contributed by atoms with Crippen molar-refractivity contribution in [1.82, 2.24) is 0 Å². The van der Waals surface area contributed by atoms with Gasteiger partial charge in [-0.15, -0.1) is 0 Å². The van der Waals surface area contributed by atoms with Crippen molar-refractivity contribution in [3.8, 4) is 45.3 Å². The smallest absolute Gasteiger partial charge is 0.194 e. The van der Waals surface area contributed by atoms with Gasteiger partial charge < -0.3 is 20.9 Å². The first-order valence-electron chi connectivity index (χ1n) is 13.6. The van der Waals surface area contributed by atoms with Crippen LogP contribution in [-0.2, 0) is 0 Å². The second-order valence-electron chi connectivity index (χ2n) is 9.76. The third kappa shape index (κ3) is 5.58. The largest absolute Gasteiger partial charge is 0.457 e. The Morgan fingerprint density at radius 1 is 0.429 bits per heavy atom. The minimum atomic E-state index is -0.112. The Morgan fingerprint density at radius 2 is 0.810 bits per heavy atom.